The first-order valence-corrected chi connectivity index (χ1v) is 8.93. The minimum absolute atomic E-state index is 0.0713. The molecule has 3 aromatic heterocycles. The predicted molar refractivity (Wildman–Crippen MR) is 90.3 cm³/mol. The molecule has 8 heteroatoms. The lowest BCUT2D eigenvalue weighted by molar-refractivity contribution is -0.124. The van der Waals surface area contributed by atoms with Gasteiger partial charge in [0.15, 0.2) is 5.76 Å². The molecule has 3 aromatic rings. The van der Waals surface area contributed by atoms with E-state index < -0.39 is 0 Å². The Bertz CT molecular complexity index is 752. The van der Waals surface area contributed by atoms with Gasteiger partial charge >= 0.3 is 0 Å². The molecule has 24 heavy (non-hydrogen) atoms. The highest BCUT2D eigenvalue weighted by atomic mass is 32.2. The van der Waals surface area contributed by atoms with E-state index in [0.717, 1.165) is 12.2 Å². The second-order valence-corrected chi connectivity index (χ2v) is 6.12. The van der Waals surface area contributed by atoms with Crippen LogP contribution in [0.1, 0.15) is 18.4 Å². The van der Waals surface area contributed by atoms with Gasteiger partial charge in [-0.25, -0.2) is 0 Å². The monoisotopic (exact) mass is 346 g/mol. The molecule has 0 spiro atoms. The molecule has 0 aliphatic carbocycles. The second-order valence-electron chi connectivity index (χ2n) is 5.13. The Morgan fingerprint density at radius 2 is 2.21 bits per heavy atom. The number of hydrogen-bond donors (Lipinski definition) is 1. The number of aromatic nitrogens is 3. The number of amides is 1. The highest BCUT2D eigenvalue weighted by Gasteiger charge is 2.20. The third kappa shape index (κ3) is 3.88. The molecule has 0 saturated heterocycles. The van der Waals surface area contributed by atoms with Crippen molar-refractivity contribution in [3.63, 3.8) is 0 Å². The Labute approximate surface area is 143 Å². The van der Waals surface area contributed by atoms with Crippen LogP contribution in [0.3, 0.4) is 0 Å². The summed E-state index contributed by atoms with van der Waals surface area (Å²) < 4.78 is 12.3. The van der Waals surface area contributed by atoms with Crippen LogP contribution in [0.5, 0.6) is 0 Å². The Hall–Kier alpha value is -2.48. The van der Waals surface area contributed by atoms with Crippen molar-refractivity contribution in [1.82, 2.24) is 20.0 Å². The zero-order valence-corrected chi connectivity index (χ0v) is 14.0. The van der Waals surface area contributed by atoms with Crippen LogP contribution in [0.25, 0.3) is 11.6 Å². The summed E-state index contributed by atoms with van der Waals surface area (Å²) in [4.78, 5) is 16.7. The van der Waals surface area contributed by atoms with E-state index in [9.17, 15) is 4.79 Å². The van der Waals surface area contributed by atoms with Crippen molar-refractivity contribution in [3.05, 3.63) is 48.8 Å². The van der Waals surface area contributed by atoms with Gasteiger partial charge in [-0.05, 0) is 42.7 Å². The van der Waals surface area contributed by atoms with Gasteiger partial charge in [0, 0.05) is 12.4 Å². The van der Waals surface area contributed by atoms with Crippen LogP contribution < -0.4 is 5.32 Å². The molecule has 0 fully saturated rings. The molecule has 0 unspecified atom stereocenters. The van der Waals surface area contributed by atoms with Crippen molar-refractivity contribution in [3.8, 4) is 11.6 Å². The lowest BCUT2D eigenvalue weighted by Crippen LogP contribution is -2.32. The predicted octanol–water partition coefficient (Wildman–Crippen LogP) is 2.74. The first kappa shape index (κ1) is 16.4. The minimum atomic E-state index is -0.250. The smallest absolute Gasteiger partial charge is 0.246 e. The molecule has 0 bridgehead atoms. The summed E-state index contributed by atoms with van der Waals surface area (Å²) in [5.41, 5.74) is 0. The normalized spacial score (nSPS) is 12.2. The Kier molecular flexibility index (Phi) is 5.37. The summed E-state index contributed by atoms with van der Waals surface area (Å²) in [6.45, 7) is 0.184. The second kappa shape index (κ2) is 7.87. The quantitative estimate of drug-likeness (QED) is 0.675. The van der Waals surface area contributed by atoms with Gasteiger partial charge in [-0.2, -0.15) is 16.7 Å². The van der Waals surface area contributed by atoms with Gasteiger partial charge in [0.05, 0.1) is 12.8 Å². The van der Waals surface area contributed by atoms with E-state index >= 15 is 0 Å². The molecule has 0 aliphatic rings. The molecular formula is C16H18N4O3S. The Balaban J connectivity index is 1.61. The molecule has 0 aliphatic heterocycles. The van der Waals surface area contributed by atoms with Gasteiger partial charge < -0.3 is 18.8 Å². The van der Waals surface area contributed by atoms with Crippen LogP contribution >= 0.6 is 11.8 Å². The summed E-state index contributed by atoms with van der Waals surface area (Å²) >= 11 is 1.72. The fourth-order valence-electron chi connectivity index (χ4n) is 2.31. The van der Waals surface area contributed by atoms with Crippen molar-refractivity contribution in [1.29, 1.82) is 0 Å². The van der Waals surface area contributed by atoms with Gasteiger partial charge in [-0.15, -0.1) is 0 Å². The lowest BCUT2D eigenvalue weighted by Gasteiger charge is -2.17. The third-order valence-electron chi connectivity index (χ3n) is 3.51. The van der Waals surface area contributed by atoms with Gasteiger partial charge in [0.1, 0.15) is 6.04 Å². The molecule has 7 nitrogen and oxygen atoms in total. The van der Waals surface area contributed by atoms with Gasteiger partial charge in [0.25, 0.3) is 0 Å². The number of furan rings is 1. The average Bonchev–Trinajstić information content (AvgIpc) is 3.33. The van der Waals surface area contributed by atoms with Gasteiger partial charge in [-0.3, -0.25) is 4.79 Å². The first-order chi connectivity index (χ1) is 11.8. The standard InChI is InChI=1S/C16H18N4O3S/c1-24-10-6-12(20-7-2-3-8-20)16(21)17-11-14-18-15(19-23-14)13-5-4-9-22-13/h2-5,7-9,12H,6,10-11H2,1H3,(H,17,21)/t12-/m1/s1. The maximum absolute atomic E-state index is 12.5. The van der Waals surface area contributed by atoms with Crippen molar-refractivity contribution in [2.75, 3.05) is 12.0 Å². The fraction of sp³-hybridized carbons (Fsp3) is 0.312. The van der Waals surface area contributed by atoms with Crippen molar-refractivity contribution < 1.29 is 13.7 Å². The Morgan fingerprint density at radius 3 is 2.92 bits per heavy atom. The maximum atomic E-state index is 12.5. The molecule has 126 valence electrons. The number of nitrogens with zero attached hydrogens (tertiary/aromatic N) is 3. The van der Waals surface area contributed by atoms with Crippen LogP contribution in [0.4, 0.5) is 0 Å². The average molecular weight is 346 g/mol. The first-order valence-electron chi connectivity index (χ1n) is 7.53. The summed E-state index contributed by atoms with van der Waals surface area (Å²) in [5, 5.41) is 6.70. The number of thioether (sulfide) groups is 1. The molecule has 0 saturated carbocycles. The van der Waals surface area contributed by atoms with Crippen molar-refractivity contribution in [2.45, 2.75) is 19.0 Å². The van der Waals surface area contributed by atoms with Crippen LogP contribution in [0, 0.1) is 0 Å². The number of carbonyl (C=O) groups excluding carboxylic acids is 1. The van der Waals surface area contributed by atoms with Crippen LogP contribution in [0.15, 0.2) is 51.9 Å². The van der Waals surface area contributed by atoms with Gasteiger partial charge in [0.2, 0.25) is 17.6 Å². The van der Waals surface area contributed by atoms with Crippen LogP contribution in [-0.2, 0) is 11.3 Å². The van der Waals surface area contributed by atoms with Gasteiger partial charge in [-0.1, -0.05) is 5.16 Å². The van der Waals surface area contributed by atoms with E-state index in [2.05, 4.69) is 15.5 Å². The van der Waals surface area contributed by atoms with E-state index in [1.807, 2.05) is 35.3 Å². The van der Waals surface area contributed by atoms with Crippen LogP contribution in [-0.4, -0.2) is 32.6 Å². The number of carbonyl (C=O) groups is 1. The lowest BCUT2D eigenvalue weighted by atomic mass is 10.2. The summed E-state index contributed by atoms with van der Waals surface area (Å²) in [5.74, 6) is 2.07. The van der Waals surface area contributed by atoms with E-state index in [1.54, 1.807) is 30.2 Å². The molecule has 1 amide bonds. The topological polar surface area (TPSA) is 86.1 Å². The highest BCUT2D eigenvalue weighted by molar-refractivity contribution is 7.98. The highest BCUT2D eigenvalue weighted by Crippen LogP contribution is 2.17. The zero-order valence-electron chi connectivity index (χ0n) is 13.2. The molecular weight excluding hydrogens is 328 g/mol. The number of hydrogen-bond acceptors (Lipinski definition) is 6. The SMILES string of the molecule is CSCC[C@H](C(=O)NCc1nc(-c2ccco2)no1)n1cccc1. The molecule has 3 rings (SSSR count). The van der Waals surface area contributed by atoms with Crippen molar-refractivity contribution in [2.24, 2.45) is 0 Å². The van der Waals surface area contributed by atoms with Crippen LogP contribution in [0.2, 0.25) is 0 Å². The zero-order chi connectivity index (χ0) is 16.8. The molecule has 0 radical (unpaired) electrons. The van der Waals surface area contributed by atoms with E-state index in [-0.39, 0.29) is 18.5 Å². The number of rotatable bonds is 8. The maximum Gasteiger partial charge on any atom is 0.246 e. The van der Waals surface area contributed by atoms with E-state index in [1.165, 1.54) is 0 Å². The molecule has 3 heterocycles. The molecule has 1 N–H and O–H groups in total. The van der Waals surface area contributed by atoms with Crippen molar-refractivity contribution >= 4 is 17.7 Å². The summed E-state index contributed by atoms with van der Waals surface area (Å²) in [7, 11) is 0. The summed E-state index contributed by atoms with van der Waals surface area (Å²) in [6, 6.07) is 7.07. The largest absolute Gasteiger partial charge is 0.461 e. The Morgan fingerprint density at radius 1 is 1.38 bits per heavy atom. The number of nitrogens with one attached hydrogen (secondary N) is 1. The van der Waals surface area contributed by atoms with E-state index in [0.29, 0.717) is 17.5 Å². The molecule has 0 aromatic carbocycles. The molecule has 1 atom stereocenters. The van der Waals surface area contributed by atoms with E-state index in [4.69, 9.17) is 8.94 Å². The minimum Gasteiger partial charge on any atom is -0.461 e. The summed E-state index contributed by atoms with van der Waals surface area (Å²) in [6.07, 6.45) is 8.11. The third-order valence-corrected chi connectivity index (χ3v) is 4.15. The fourth-order valence-corrected chi connectivity index (χ4v) is 2.77.